The van der Waals surface area contributed by atoms with Gasteiger partial charge in [0.25, 0.3) is 0 Å². The van der Waals surface area contributed by atoms with E-state index in [-0.39, 0.29) is 18.0 Å². The molecule has 1 fully saturated rings. The third-order valence-corrected chi connectivity index (χ3v) is 4.49. The molecule has 0 radical (unpaired) electrons. The second-order valence-electron chi connectivity index (χ2n) is 6.02. The van der Waals surface area contributed by atoms with E-state index in [0.29, 0.717) is 30.3 Å². The molecule has 136 valence electrons. The number of hydrogen-bond donors (Lipinski definition) is 1. The van der Waals surface area contributed by atoms with Gasteiger partial charge in [-0.15, -0.1) is 0 Å². The first-order chi connectivity index (χ1) is 12.0. The molecule has 7 heteroatoms. The Morgan fingerprint density at radius 3 is 2.20 bits per heavy atom. The standard InChI is InChI=1S/C18H25N3O4/c1-12(20-18(22)21-7-5-13(11-19)6-8-21)14-9-15(23-2)17(25-4)16(10-14)24-3/h9-10,12-13H,5-8H2,1-4H3,(H,20,22). The van der Waals surface area contributed by atoms with Gasteiger partial charge in [-0.05, 0) is 37.5 Å². The minimum atomic E-state index is -0.227. The van der Waals surface area contributed by atoms with Gasteiger partial charge in [0.05, 0.1) is 33.4 Å². The second kappa shape index (κ2) is 8.47. The quantitative estimate of drug-likeness (QED) is 0.885. The van der Waals surface area contributed by atoms with E-state index < -0.39 is 0 Å². The highest BCUT2D eigenvalue weighted by Crippen LogP contribution is 2.39. The van der Waals surface area contributed by atoms with Crippen molar-refractivity contribution in [2.24, 2.45) is 5.92 Å². The predicted octanol–water partition coefficient (Wildman–Crippen LogP) is 2.72. The Balaban J connectivity index is 2.09. The number of benzene rings is 1. The van der Waals surface area contributed by atoms with Crippen molar-refractivity contribution < 1.29 is 19.0 Å². The lowest BCUT2D eigenvalue weighted by Gasteiger charge is -2.30. The summed E-state index contributed by atoms with van der Waals surface area (Å²) in [5.74, 6) is 1.67. The van der Waals surface area contributed by atoms with Crippen LogP contribution in [0.3, 0.4) is 0 Å². The molecular formula is C18H25N3O4. The molecule has 0 bridgehead atoms. The summed E-state index contributed by atoms with van der Waals surface area (Å²) in [7, 11) is 4.67. The van der Waals surface area contributed by atoms with E-state index in [0.717, 1.165) is 18.4 Å². The SMILES string of the molecule is COc1cc(C(C)NC(=O)N2CCC(C#N)CC2)cc(OC)c1OC. The van der Waals surface area contributed by atoms with E-state index in [4.69, 9.17) is 19.5 Å². The minimum absolute atomic E-state index is 0.0524. The van der Waals surface area contributed by atoms with Gasteiger partial charge in [-0.3, -0.25) is 0 Å². The number of ether oxygens (including phenoxy) is 3. The number of likely N-dealkylation sites (tertiary alicyclic amines) is 1. The fourth-order valence-electron chi connectivity index (χ4n) is 2.92. The molecule has 1 N–H and O–H groups in total. The van der Waals surface area contributed by atoms with Gasteiger partial charge in [0, 0.05) is 19.0 Å². The number of methoxy groups -OCH3 is 3. The van der Waals surface area contributed by atoms with Crippen molar-refractivity contribution in [2.75, 3.05) is 34.4 Å². The molecule has 1 saturated heterocycles. The van der Waals surface area contributed by atoms with Gasteiger partial charge in [0.15, 0.2) is 11.5 Å². The van der Waals surface area contributed by atoms with Gasteiger partial charge in [0.1, 0.15) is 0 Å². The van der Waals surface area contributed by atoms with Crippen LogP contribution < -0.4 is 19.5 Å². The van der Waals surface area contributed by atoms with Crippen LogP contribution in [0.2, 0.25) is 0 Å². The Hall–Kier alpha value is -2.62. The number of nitrogens with zero attached hydrogens (tertiary/aromatic N) is 2. The number of carbonyl (C=O) groups excluding carboxylic acids is 1. The first kappa shape index (κ1) is 18.7. The van der Waals surface area contributed by atoms with E-state index >= 15 is 0 Å². The van der Waals surface area contributed by atoms with Crippen LogP contribution in [0.4, 0.5) is 4.79 Å². The highest BCUT2D eigenvalue weighted by Gasteiger charge is 2.24. The molecule has 1 aliphatic heterocycles. The topological polar surface area (TPSA) is 83.8 Å². The fourth-order valence-corrected chi connectivity index (χ4v) is 2.92. The maximum absolute atomic E-state index is 12.5. The zero-order valence-corrected chi connectivity index (χ0v) is 15.2. The van der Waals surface area contributed by atoms with Crippen molar-refractivity contribution >= 4 is 6.03 Å². The van der Waals surface area contributed by atoms with Gasteiger partial charge in [-0.2, -0.15) is 5.26 Å². The molecular weight excluding hydrogens is 322 g/mol. The fraction of sp³-hybridized carbons (Fsp3) is 0.556. The second-order valence-corrected chi connectivity index (χ2v) is 6.02. The molecule has 7 nitrogen and oxygen atoms in total. The summed E-state index contributed by atoms with van der Waals surface area (Å²) in [5, 5.41) is 11.9. The Morgan fingerprint density at radius 2 is 1.76 bits per heavy atom. The van der Waals surface area contributed by atoms with Crippen molar-refractivity contribution in [2.45, 2.75) is 25.8 Å². The Bertz CT molecular complexity index is 623. The maximum atomic E-state index is 12.5. The van der Waals surface area contributed by atoms with Crippen LogP contribution in [-0.4, -0.2) is 45.3 Å². The number of piperidine rings is 1. The summed E-state index contributed by atoms with van der Waals surface area (Å²) in [6, 6.07) is 5.57. The van der Waals surface area contributed by atoms with Gasteiger partial charge in [-0.1, -0.05) is 0 Å². The van der Waals surface area contributed by atoms with E-state index in [1.807, 2.05) is 19.1 Å². The molecule has 0 aliphatic carbocycles. The van der Waals surface area contributed by atoms with Crippen molar-refractivity contribution in [1.29, 1.82) is 5.26 Å². The van der Waals surface area contributed by atoms with Crippen LogP contribution in [0.25, 0.3) is 0 Å². The zero-order chi connectivity index (χ0) is 18.4. The normalized spacial score (nSPS) is 15.9. The molecule has 1 aromatic carbocycles. The minimum Gasteiger partial charge on any atom is -0.493 e. The maximum Gasteiger partial charge on any atom is 0.317 e. The Morgan fingerprint density at radius 1 is 1.20 bits per heavy atom. The van der Waals surface area contributed by atoms with Crippen LogP contribution in [-0.2, 0) is 0 Å². The largest absolute Gasteiger partial charge is 0.493 e. The predicted molar refractivity (Wildman–Crippen MR) is 93.0 cm³/mol. The molecule has 2 amide bonds. The summed E-state index contributed by atoms with van der Waals surface area (Å²) >= 11 is 0. The van der Waals surface area contributed by atoms with E-state index in [1.54, 1.807) is 26.2 Å². The summed E-state index contributed by atoms with van der Waals surface area (Å²) < 4.78 is 16.0. The van der Waals surface area contributed by atoms with Crippen LogP contribution in [0.5, 0.6) is 17.2 Å². The molecule has 0 aromatic heterocycles. The molecule has 2 rings (SSSR count). The number of hydrogen-bond acceptors (Lipinski definition) is 5. The van der Waals surface area contributed by atoms with Crippen LogP contribution in [0.1, 0.15) is 31.4 Å². The average Bonchev–Trinajstić information content (AvgIpc) is 2.66. The molecule has 25 heavy (non-hydrogen) atoms. The zero-order valence-electron chi connectivity index (χ0n) is 15.2. The van der Waals surface area contributed by atoms with E-state index in [9.17, 15) is 4.79 Å². The monoisotopic (exact) mass is 347 g/mol. The average molecular weight is 347 g/mol. The van der Waals surface area contributed by atoms with Crippen molar-refractivity contribution in [1.82, 2.24) is 10.2 Å². The lowest BCUT2D eigenvalue weighted by molar-refractivity contribution is 0.176. The summed E-state index contributed by atoms with van der Waals surface area (Å²) in [4.78, 5) is 14.2. The highest BCUT2D eigenvalue weighted by molar-refractivity contribution is 5.75. The molecule has 1 aromatic rings. The van der Waals surface area contributed by atoms with Gasteiger partial charge in [0.2, 0.25) is 5.75 Å². The van der Waals surface area contributed by atoms with Crippen molar-refractivity contribution in [3.63, 3.8) is 0 Å². The number of urea groups is 1. The molecule has 1 atom stereocenters. The lowest BCUT2D eigenvalue weighted by atomic mass is 9.99. The smallest absolute Gasteiger partial charge is 0.317 e. The number of nitriles is 1. The van der Waals surface area contributed by atoms with E-state index in [2.05, 4.69) is 11.4 Å². The van der Waals surface area contributed by atoms with Gasteiger partial charge in [-0.25, -0.2) is 4.79 Å². The van der Waals surface area contributed by atoms with Crippen LogP contribution >= 0.6 is 0 Å². The molecule has 0 saturated carbocycles. The van der Waals surface area contributed by atoms with Crippen LogP contribution in [0, 0.1) is 17.2 Å². The number of rotatable bonds is 5. The molecule has 1 aliphatic rings. The molecule has 0 spiro atoms. The first-order valence-corrected chi connectivity index (χ1v) is 8.29. The Kier molecular flexibility index (Phi) is 6.34. The lowest BCUT2D eigenvalue weighted by Crippen LogP contribution is -2.45. The van der Waals surface area contributed by atoms with Gasteiger partial charge < -0.3 is 24.4 Å². The summed E-state index contributed by atoms with van der Waals surface area (Å²) in [6.07, 6.45) is 1.45. The number of amides is 2. The first-order valence-electron chi connectivity index (χ1n) is 8.29. The number of nitrogens with one attached hydrogen (secondary N) is 1. The molecule has 1 unspecified atom stereocenters. The Labute approximate surface area is 148 Å². The number of carbonyl (C=O) groups is 1. The van der Waals surface area contributed by atoms with Crippen molar-refractivity contribution in [3.8, 4) is 23.3 Å². The summed E-state index contributed by atoms with van der Waals surface area (Å²) in [5.41, 5.74) is 0.856. The third kappa shape index (κ3) is 4.27. The third-order valence-electron chi connectivity index (χ3n) is 4.49. The summed E-state index contributed by atoms with van der Waals surface area (Å²) in [6.45, 7) is 3.11. The van der Waals surface area contributed by atoms with E-state index in [1.165, 1.54) is 0 Å². The van der Waals surface area contributed by atoms with Gasteiger partial charge >= 0.3 is 6.03 Å². The van der Waals surface area contributed by atoms with Crippen LogP contribution in [0.15, 0.2) is 12.1 Å². The highest BCUT2D eigenvalue weighted by atomic mass is 16.5. The van der Waals surface area contributed by atoms with Crippen molar-refractivity contribution in [3.05, 3.63) is 17.7 Å². The molecule has 1 heterocycles.